The van der Waals surface area contributed by atoms with Gasteiger partial charge in [-0.05, 0) is 25.3 Å². The summed E-state index contributed by atoms with van der Waals surface area (Å²) in [5, 5.41) is 19.0. The van der Waals surface area contributed by atoms with Crippen molar-refractivity contribution in [3.8, 4) is 0 Å². The van der Waals surface area contributed by atoms with Gasteiger partial charge in [0.25, 0.3) is 0 Å². The van der Waals surface area contributed by atoms with Gasteiger partial charge in [-0.3, -0.25) is 9.69 Å². The van der Waals surface area contributed by atoms with Crippen molar-refractivity contribution in [2.24, 2.45) is 0 Å². The van der Waals surface area contributed by atoms with Crippen molar-refractivity contribution in [1.82, 2.24) is 0 Å². The number of carbonyl (C=O) groups is 2. The van der Waals surface area contributed by atoms with E-state index in [2.05, 4.69) is 0 Å². The van der Waals surface area contributed by atoms with E-state index >= 15 is 0 Å². The fraction of sp³-hybridized carbons (Fsp3) is 0.375. The maximum atomic E-state index is 11.7. The summed E-state index contributed by atoms with van der Waals surface area (Å²) < 4.78 is -0.816. The van der Waals surface area contributed by atoms with Gasteiger partial charge < -0.3 is 10.2 Å². The molecule has 2 heterocycles. The molecule has 0 spiro atoms. The van der Waals surface area contributed by atoms with E-state index in [0.717, 1.165) is 16.0 Å². The molecule has 2 N–H and O–H groups in total. The van der Waals surface area contributed by atoms with Crippen LogP contribution in [0, 0.1) is 0 Å². The van der Waals surface area contributed by atoms with Crippen LogP contribution in [0.5, 0.6) is 0 Å². The van der Waals surface area contributed by atoms with Crippen molar-refractivity contribution in [2.45, 2.75) is 30.9 Å². The Morgan fingerprint density at radius 1 is 1.32 bits per heavy atom. The van der Waals surface area contributed by atoms with Crippen molar-refractivity contribution >= 4 is 34.4 Å². The van der Waals surface area contributed by atoms with Gasteiger partial charge in [0.2, 0.25) is 0 Å². The van der Waals surface area contributed by atoms with Gasteiger partial charge in [0, 0.05) is 17.0 Å². The molecule has 0 saturated carbocycles. The number of thioether (sulfide) groups is 1. The third kappa shape index (κ3) is 2.18. The zero-order chi connectivity index (χ0) is 15.9. The SMILES string of the molecule is CCC1(C(=O)O)CC2=C(S1)c1ccccc1N(C(=O)O)CC2. The zero-order valence-electron chi connectivity index (χ0n) is 12.2. The average Bonchev–Trinajstić information content (AvgIpc) is 2.81. The molecule has 0 fully saturated rings. The topological polar surface area (TPSA) is 77.8 Å². The second kappa shape index (κ2) is 5.35. The van der Waals surface area contributed by atoms with Gasteiger partial charge >= 0.3 is 12.1 Å². The first-order valence-electron chi connectivity index (χ1n) is 7.23. The number of amides is 1. The van der Waals surface area contributed by atoms with E-state index in [4.69, 9.17) is 0 Å². The molecule has 1 aromatic carbocycles. The normalized spacial score (nSPS) is 23.8. The molecule has 0 aromatic heterocycles. The molecule has 2 aliphatic rings. The standard InChI is InChI=1S/C16H17NO4S/c1-2-16(14(18)19)9-10-7-8-17(15(20)21)12-6-4-3-5-11(12)13(10)22-16/h3-6H,2,7-9H2,1H3,(H,18,19)(H,20,21). The number of hydrogen-bond acceptors (Lipinski definition) is 3. The summed E-state index contributed by atoms with van der Waals surface area (Å²) in [6, 6.07) is 7.34. The van der Waals surface area contributed by atoms with Gasteiger partial charge in [0.1, 0.15) is 4.75 Å². The lowest BCUT2D eigenvalue weighted by Gasteiger charge is -2.25. The highest BCUT2D eigenvalue weighted by Gasteiger charge is 2.46. The van der Waals surface area contributed by atoms with E-state index in [0.29, 0.717) is 31.5 Å². The van der Waals surface area contributed by atoms with Crippen molar-refractivity contribution in [1.29, 1.82) is 0 Å². The first-order valence-corrected chi connectivity index (χ1v) is 8.04. The van der Waals surface area contributed by atoms with E-state index in [1.54, 1.807) is 6.07 Å². The molecule has 1 amide bonds. The van der Waals surface area contributed by atoms with Crippen LogP contribution in [0.2, 0.25) is 0 Å². The van der Waals surface area contributed by atoms with Crippen LogP contribution >= 0.6 is 11.8 Å². The predicted molar refractivity (Wildman–Crippen MR) is 86.2 cm³/mol. The maximum Gasteiger partial charge on any atom is 0.411 e. The van der Waals surface area contributed by atoms with Crippen LogP contribution in [0.25, 0.3) is 4.91 Å². The monoisotopic (exact) mass is 319 g/mol. The van der Waals surface area contributed by atoms with E-state index < -0.39 is 16.8 Å². The van der Waals surface area contributed by atoms with Crippen LogP contribution in [-0.4, -0.2) is 33.6 Å². The molecule has 1 atom stereocenters. The predicted octanol–water partition coefficient (Wildman–Crippen LogP) is 3.66. The molecule has 1 unspecified atom stereocenters. The van der Waals surface area contributed by atoms with Crippen LogP contribution in [0.3, 0.4) is 0 Å². The van der Waals surface area contributed by atoms with Crippen LogP contribution in [0.4, 0.5) is 10.5 Å². The van der Waals surface area contributed by atoms with Gasteiger partial charge in [0.15, 0.2) is 0 Å². The number of rotatable bonds is 2. The molecule has 0 radical (unpaired) electrons. The van der Waals surface area contributed by atoms with Crippen molar-refractivity contribution < 1.29 is 19.8 Å². The fourth-order valence-electron chi connectivity index (χ4n) is 3.11. The minimum Gasteiger partial charge on any atom is -0.480 e. The molecule has 2 aliphatic heterocycles. The molecular weight excluding hydrogens is 302 g/mol. The Kier molecular flexibility index (Phi) is 3.64. The smallest absolute Gasteiger partial charge is 0.411 e. The Hall–Kier alpha value is -1.95. The third-order valence-corrected chi connectivity index (χ3v) is 6.10. The summed E-state index contributed by atoms with van der Waals surface area (Å²) in [6.07, 6.45) is 0.641. The minimum atomic E-state index is -0.974. The number of nitrogens with zero attached hydrogens (tertiary/aromatic N) is 1. The van der Waals surface area contributed by atoms with E-state index in [-0.39, 0.29) is 0 Å². The average molecular weight is 319 g/mol. The Morgan fingerprint density at radius 3 is 2.68 bits per heavy atom. The van der Waals surface area contributed by atoms with Crippen LogP contribution in [0.15, 0.2) is 29.8 Å². The highest BCUT2D eigenvalue weighted by molar-refractivity contribution is 8.10. The number of anilines is 1. The minimum absolute atomic E-state index is 0.366. The van der Waals surface area contributed by atoms with Crippen LogP contribution in [0.1, 0.15) is 31.7 Å². The Labute approximate surface area is 132 Å². The first kappa shape index (κ1) is 15.0. The molecule has 1 aromatic rings. The Balaban J connectivity index is 2.08. The zero-order valence-corrected chi connectivity index (χ0v) is 13.0. The Morgan fingerprint density at radius 2 is 2.05 bits per heavy atom. The second-order valence-corrected chi connectivity index (χ2v) is 6.96. The Bertz CT molecular complexity index is 684. The number of carboxylic acids is 1. The van der Waals surface area contributed by atoms with Crippen molar-refractivity contribution in [3.05, 3.63) is 35.4 Å². The molecule has 0 aliphatic carbocycles. The molecule has 6 heteroatoms. The quantitative estimate of drug-likeness (QED) is 0.870. The number of benzene rings is 1. The highest BCUT2D eigenvalue weighted by atomic mass is 32.2. The molecule has 22 heavy (non-hydrogen) atoms. The van der Waals surface area contributed by atoms with Crippen molar-refractivity contribution in [2.75, 3.05) is 11.4 Å². The lowest BCUT2D eigenvalue weighted by molar-refractivity contribution is -0.139. The van der Waals surface area contributed by atoms with Gasteiger partial charge in [-0.25, -0.2) is 4.79 Å². The number of hydrogen-bond donors (Lipinski definition) is 2. The molecule has 5 nitrogen and oxygen atoms in total. The molecule has 0 saturated heterocycles. The molecule has 0 bridgehead atoms. The fourth-order valence-corrected chi connectivity index (χ4v) is 4.58. The summed E-state index contributed by atoms with van der Waals surface area (Å²) in [4.78, 5) is 25.5. The number of aliphatic carboxylic acids is 1. The largest absolute Gasteiger partial charge is 0.480 e. The molecular formula is C16H17NO4S. The number of carboxylic acid groups (broad SMARTS) is 2. The highest BCUT2D eigenvalue weighted by Crippen LogP contribution is 2.56. The van der Waals surface area contributed by atoms with Crippen LogP contribution < -0.4 is 4.90 Å². The maximum absolute atomic E-state index is 11.7. The third-order valence-electron chi connectivity index (χ3n) is 4.39. The van der Waals surface area contributed by atoms with E-state index in [9.17, 15) is 19.8 Å². The number of para-hydroxylation sites is 1. The van der Waals surface area contributed by atoms with Gasteiger partial charge in [-0.1, -0.05) is 30.7 Å². The summed E-state index contributed by atoms with van der Waals surface area (Å²) in [7, 11) is 0. The molecule has 116 valence electrons. The lowest BCUT2D eigenvalue weighted by Crippen LogP contribution is -2.34. The first-order chi connectivity index (χ1) is 10.5. The van der Waals surface area contributed by atoms with E-state index in [1.807, 2.05) is 25.1 Å². The van der Waals surface area contributed by atoms with Gasteiger partial charge in [0.05, 0.1) is 5.69 Å². The lowest BCUT2D eigenvalue weighted by atomic mass is 9.94. The second-order valence-electron chi connectivity index (χ2n) is 5.57. The van der Waals surface area contributed by atoms with E-state index in [1.165, 1.54) is 16.7 Å². The number of fused-ring (bicyclic) bond motifs is 2. The summed E-state index contributed by atoms with van der Waals surface area (Å²) in [5.41, 5.74) is 2.54. The summed E-state index contributed by atoms with van der Waals surface area (Å²) in [5.74, 6) is -0.791. The summed E-state index contributed by atoms with van der Waals surface area (Å²) in [6.45, 7) is 2.26. The van der Waals surface area contributed by atoms with Crippen molar-refractivity contribution in [3.63, 3.8) is 0 Å². The van der Waals surface area contributed by atoms with Gasteiger partial charge in [-0.15, -0.1) is 11.8 Å². The molecule has 3 rings (SSSR count). The van der Waals surface area contributed by atoms with Gasteiger partial charge in [-0.2, -0.15) is 0 Å². The van der Waals surface area contributed by atoms with Crippen LogP contribution in [-0.2, 0) is 4.79 Å². The summed E-state index contributed by atoms with van der Waals surface area (Å²) >= 11 is 1.38.